The molecule has 1 aliphatic heterocycles. The summed E-state index contributed by atoms with van der Waals surface area (Å²) in [7, 11) is 1.65. The molecule has 0 radical (unpaired) electrons. The molecule has 38 heavy (non-hydrogen) atoms. The number of nitrogens with two attached hydrogens (primary N) is 1. The second kappa shape index (κ2) is 13.8. The van der Waals surface area contributed by atoms with Gasteiger partial charge in [-0.15, -0.1) is 0 Å². The van der Waals surface area contributed by atoms with E-state index in [0.717, 1.165) is 31.2 Å². The maximum Gasteiger partial charge on any atom is 0.256 e. The topological polar surface area (TPSA) is 101 Å². The predicted molar refractivity (Wildman–Crippen MR) is 144 cm³/mol. The van der Waals surface area contributed by atoms with Gasteiger partial charge in [-0.2, -0.15) is 0 Å². The van der Waals surface area contributed by atoms with Crippen LogP contribution in [0.2, 0.25) is 0 Å². The summed E-state index contributed by atoms with van der Waals surface area (Å²) in [6.45, 7) is 3.41. The van der Waals surface area contributed by atoms with Crippen molar-refractivity contribution in [1.29, 1.82) is 0 Å². The van der Waals surface area contributed by atoms with Gasteiger partial charge in [-0.05, 0) is 73.9 Å². The van der Waals surface area contributed by atoms with Crippen LogP contribution in [0.25, 0.3) is 0 Å². The van der Waals surface area contributed by atoms with Gasteiger partial charge in [-0.3, -0.25) is 19.5 Å². The van der Waals surface area contributed by atoms with Gasteiger partial charge in [0.15, 0.2) is 0 Å². The van der Waals surface area contributed by atoms with Crippen LogP contribution in [0.15, 0.2) is 48.8 Å². The highest BCUT2D eigenvalue weighted by Crippen LogP contribution is 2.29. The second-order valence-corrected chi connectivity index (χ2v) is 10.6. The molecular formula is C29H40FN5O3. The number of carbonyl (C=O) groups is 2. The third-order valence-electron chi connectivity index (χ3n) is 7.94. The summed E-state index contributed by atoms with van der Waals surface area (Å²) in [5, 5.41) is 3.16. The lowest BCUT2D eigenvalue weighted by Gasteiger charge is -2.29. The molecule has 0 bridgehead atoms. The van der Waals surface area contributed by atoms with Crippen LogP contribution in [0.5, 0.6) is 0 Å². The largest absolute Gasteiger partial charge is 0.383 e. The van der Waals surface area contributed by atoms with Crippen molar-refractivity contribution in [3.05, 3.63) is 65.7 Å². The predicted octanol–water partition coefficient (Wildman–Crippen LogP) is 2.83. The van der Waals surface area contributed by atoms with Crippen LogP contribution in [0.4, 0.5) is 4.39 Å². The minimum absolute atomic E-state index is 0.0529. The fraction of sp³-hybridized carbons (Fsp3) is 0.552. The molecule has 4 rings (SSSR count). The van der Waals surface area contributed by atoms with Crippen molar-refractivity contribution >= 4 is 11.8 Å². The molecule has 1 aromatic heterocycles. The molecular weight excluding hydrogens is 485 g/mol. The fourth-order valence-corrected chi connectivity index (χ4v) is 5.79. The molecule has 2 heterocycles. The smallest absolute Gasteiger partial charge is 0.256 e. The molecule has 2 aliphatic rings. The van der Waals surface area contributed by atoms with Crippen molar-refractivity contribution in [3.63, 3.8) is 0 Å². The van der Waals surface area contributed by atoms with Crippen molar-refractivity contribution in [1.82, 2.24) is 20.1 Å². The summed E-state index contributed by atoms with van der Waals surface area (Å²) in [6.07, 6.45) is 8.10. The van der Waals surface area contributed by atoms with E-state index in [1.54, 1.807) is 48.7 Å². The van der Waals surface area contributed by atoms with E-state index in [0.29, 0.717) is 63.2 Å². The lowest BCUT2D eigenvalue weighted by Crippen LogP contribution is -2.47. The van der Waals surface area contributed by atoms with E-state index >= 15 is 0 Å². The van der Waals surface area contributed by atoms with Gasteiger partial charge in [-0.1, -0.05) is 18.6 Å². The number of methoxy groups -OCH3 is 1. The minimum atomic E-state index is -0.583. The van der Waals surface area contributed by atoms with Gasteiger partial charge >= 0.3 is 0 Å². The number of amides is 2. The Morgan fingerprint density at radius 2 is 1.97 bits per heavy atom. The Bertz CT molecular complexity index is 1040. The maximum atomic E-state index is 13.5. The Morgan fingerprint density at radius 3 is 2.68 bits per heavy atom. The average molecular weight is 526 g/mol. The average Bonchev–Trinajstić information content (AvgIpc) is 3.40. The Morgan fingerprint density at radius 1 is 1.18 bits per heavy atom. The van der Waals surface area contributed by atoms with Crippen molar-refractivity contribution in [2.45, 2.75) is 50.7 Å². The monoisotopic (exact) mass is 525 g/mol. The zero-order chi connectivity index (χ0) is 26.9. The third kappa shape index (κ3) is 7.36. The number of likely N-dealkylation sites (tertiary alicyclic amines) is 1. The Kier molecular flexibility index (Phi) is 10.2. The molecule has 1 saturated carbocycles. The van der Waals surface area contributed by atoms with Crippen molar-refractivity contribution in [2.75, 3.05) is 39.9 Å². The SMILES string of the molecule is COCCN(Cc1ccc(F)cc1)C1CC(C(=O)NCC2CCCC(CN)C2)N(C(=O)c2cccnc2)C1. The molecule has 4 atom stereocenters. The van der Waals surface area contributed by atoms with Crippen LogP contribution in [0, 0.1) is 17.7 Å². The summed E-state index contributed by atoms with van der Waals surface area (Å²) in [6, 6.07) is 9.26. The molecule has 8 nitrogen and oxygen atoms in total. The number of hydrogen-bond donors (Lipinski definition) is 2. The molecule has 2 aromatic rings. The number of hydrogen-bond acceptors (Lipinski definition) is 6. The summed E-state index contributed by atoms with van der Waals surface area (Å²) in [5.74, 6) is 0.338. The number of nitrogens with one attached hydrogen (secondary N) is 1. The standard InChI is InChI=1S/C29H40FN5O3/c1-38-13-12-34(19-21-7-9-25(30)10-8-21)26-15-27(35(20-26)29(37)24-6-3-11-32-18-24)28(36)33-17-23-5-2-4-22(14-23)16-31/h3,6-11,18,22-23,26-27H,2,4-5,12-17,19-20,31H2,1H3,(H,33,36). The molecule has 9 heteroatoms. The third-order valence-corrected chi connectivity index (χ3v) is 7.94. The summed E-state index contributed by atoms with van der Waals surface area (Å²) >= 11 is 0. The first kappa shape index (κ1) is 28.1. The first-order valence-electron chi connectivity index (χ1n) is 13.6. The quantitative estimate of drug-likeness (QED) is 0.468. The molecule has 2 fully saturated rings. The highest BCUT2D eigenvalue weighted by atomic mass is 19.1. The molecule has 2 amide bonds. The van der Waals surface area contributed by atoms with Crippen LogP contribution in [0.3, 0.4) is 0 Å². The summed E-state index contributed by atoms with van der Waals surface area (Å²) < 4.78 is 18.8. The van der Waals surface area contributed by atoms with Crippen molar-refractivity contribution in [3.8, 4) is 0 Å². The van der Waals surface area contributed by atoms with Crippen LogP contribution in [0.1, 0.15) is 48.0 Å². The molecule has 1 aromatic carbocycles. The molecule has 1 saturated heterocycles. The first-order valence-corrected chi connectivity index (χ1v) is 13.6. The lowest BCUT2D eigenvalue weighted by atomic mass is 9.81. The number of rotatable bonds is 11. The van der Waals surface area contributed by atoms with Gasteiger partial charge in [0.2, 0.25) is 5.91 Å². The number of nitrogens with zero attached hydrogens (tertiary/aromatic N) is 3. The van der Waals surface area contributed by atoms with Crippen LogP contribution < -0.4 is 11.1 Å². The highest BCUT2D eigenvalue weighted by Gasteiger charge is 2.42. The van der Waals surface area contributed by atoms with Crippen LogP contribution >= 0.6 is 0 Å². The van der Waals surface area contributed by atoms with E-state index in [-0.39, 0.29) is 23.7 Å². The van der Waals surface area contributed by atoms with E-state index in [9.17, 15) is 14.0 Å². The van der Waals surface area contributed by atoms with Crippen LogP contribution in [-0.2, 0) is 16.1 Å². The summed E-state index contributed by atoms with van der Waals surface area (Å²) in [4.78, 5) is 35.1. The van der Waals surface area contributed by atoms with Crippen molar-refractivity contribution < 1.29 is 18.7 Å². The van der Waals surface area contributed by atoms with Gasteiger partial charge in [-0.25, -0.2) is 4.39 Å². The van der Waals surface area contributed by atoms with Crippen LogP contribution in [-0.4, -0.2) is 78.6 Å². The van der Waals surface area contributed by atoms with Gasteiger partial charge in [0.1, 0.15) is 11.9 Å². The zero-order valence-electron chi connectivity index (χ0n) is 22.2. The van der Waals surface area contributed by atoms with E-state index in [1.807, 2.05) is 0 Å². The number of carbonyl (C=O) groups excluding carboxylic acids is 2. The normalized spacial score (nSPS) is 23.5. The van der Waals surface area contributed by atoms with E-state index in [4.69, 9.17) is 10.5 Å². The number of aromatic nitrogens is 1. The second-order valence-electron chi connectivity index (χ2n) is 10.6. The molecule has 3 N–H and O–H groups in total. The Balaban J connectivity index is 1.50. The van der Waals surface area contributed by atoms with Crippen molar-refractivity contribution in [2.24, 2.45) is 17.6 Å². The minimum Gasteiger partial charge on any atom is -0.383 e. The van der Waals surface area contributed by atoms with Gasteiger partial charge < -0.3 is 20.7 Å². The maximum absolute atomic E-state index is 13.5. The lowest BCUT2D eigenvalue weighted by molar-refractivity contribution is -0.125. The van der Waals surface area contributed by atoms with E-state index in [1.165, 1.54) is 12.1 Å². The Hall–Kier alpha value is -2.88. The number of ether oxygens (including phenoxy) is 1. The highest BCUT2D eigenvalue weighted by molar-refractivity contribution is 5.97. The Labute approximate surface area is 224 Å². The van der Waals surface area contributed by atoms with Gasteiger partial charge in [0, 0.05) is 51.7 Å². The van der Waals surface area contributed by atoms with Gasteiger partial charge in [0.05, 0.1) is 12.2 Å². The number of halogens is 1. The first-order chi connectivity index (χ1) is 18.5. The number of pyridine rings is 1. The summed E-state index contributed by atoms with van der Waals surface area (Å²) in [5.41, 5.74) is 7.33. The van der Waals surface area contributed by atoms with Gasteiger partial charge in [0.25, 0.3) is 5.91 Å². The molecule has 4 unspecified atom stereocenters. The molecule has 206 valence electrons. The molecule has 0 spiro atoms. The molecule has 1 aliphatic carbocycles. The van der Waals surface area contributed by atoms with E-state index < -0.39 is 6.04 Å². The zero-order valence-corrected chi connectivity index (χ0v) is 22.2. The fourth-order valence-electron chi connectivity index (χ4n) is 5.79. The van der Waals surface area contributed by atoms with E-state index in [2.05, 4.69) is 15.2 Å². The number of benzene rings is 1.